The molecular formula is C20H22Cl2N2O2S2. The van der Waals surface area contributed by atoms with Crippen LogP contribution in [0, 0.1) is 0 Å². The molecule has 2 amide bonds. The van der Waals surface area contributed by atoms with Gasteiger partial charge in [0.2, 0.25) is 11.8 Å². The molecule has 0 saturated carbocycles. The van der Waals surface area contributed by atoms with E-state index in [4.69, 9.17) is 23.2 Å². The van der Waals surface area contributed by atoms with Gasteiger partial charge in [0.25, 0.3) is 0 Å². The van der Waals surface area contributed by atoms with Gasteiger partial charge in [-0.1, -0.05) is 23.2 Å². The number of amides is 2. The maximum absolute atomic E-state index is 12.2. The molecule has 2 atom stereocenters. The molecule has 2 aromatic carbocycles. The Bertz CT molecular complexity index is 718. The summed E-state index contributed by atoms with van der Waals surface area (Å²) in [5, 5.41) is 6.54. The van der Waals surface area contributed by atoms with Gasteiger partial charge in [-0.05, 0) is 62.4 Å². The highest BCUT2D eigenvalue weighted by Crippen LogP contribution is 2.25. The second-order valence-corrected chi connectivity index (χ2v) is 9.71. The number of carbonyl (C=O) groups excluding carboxylic acids is 2. The Morgan fingerprint density at radius 3 is 1.39 bits per heavy atom. The lowest BCUT2D eigenvalue weighted by molar-refractivity contribution is -0.122. The SMILES string of the molecule is C[C@@H](Sc1ccc(Cl)cc1)C(=O)NCCNC(=O)[C@@H](C)Sc1ccc(Cl)cc1. The number of halogens is 2. The normalized spacial score (nSPS) is 12.9. The zero-order chi connectivity index (χ0) is 20.5. The van der Waals surface area contributed by atoms with Gasteiger partial charge in [0.05, 0.1) is 10.5 Å². The second kappa shape index (κ2) is 11.6. The Kier molecular flexibility index (Phi) is 9.51. The molecular weight excluding hydrogens is 435 g/mol. The Morgan fingerprint density at radius 1 is 0.750 bits per heavy atom. The molecule has 0 aromatic heterocycles. The van der Waals surface area contributed by atoms with E-state index in [1.54, 1.807) is 24.3 Å². The molecule has 2 rings (SSSR count). The van der Waals surface area contributed by atoms with Crippen LogP contribution in [0.4, 0.5) is 0 Å². The number of nitrogens with one attached hydrogen (secondary N) is 2. The van der Waals surface area contributed by atoms with Gasteiger partial charge in [0.15, 0.2) is 0 Å². The van der Waals surface area contributed by atoms with Crippen molar-refractivity contribution in [3.63, 3.8) is 0 Å². The molecule has 0 aliphatic heterocycles. The summed E-state index contributed by atoms with van der Waals surface area (Å²) in [4.78, 5) is 26.3. The summed E-state index contributed by atoms with van der Waals surface area (Å²) < 4.78 is 0. The lowest BCUT2D eigenvalue weighted by Gasteiger charge is -2.14. The maximum atomic E-state index is 12.2. The third-order valence-electron chi connectivity index (χ3n) is 3.71. The van der Waals surface area contributed by atoms with Crippen molar-refractivity contribution in [1.82, 2.24) is 10.6 Å². The molecule has 0 fully saturated rings. The van der Waals surface area contributed by atoms with Crippen molar-refractivity contribution in [2.24, 2.45) is 0 Å². The van der Waals surface area contributed by atoms with Crippen LogP contribution >= 0.6 is 46.7 Å². The Balaban J connectivity index is 1.66. The average molecular weight is 457 g/mol. The summed E-state index contributed by atoms with van der Waals surface area (Å²) in [6.45, 7) is 4.46. The van der Waals surface area contributed by atoms with Gasteiger partial charge in [-0.25, -0.2) is 0 Å². The minimum Gasteiger partial charge on any atom is -0.353 e. The first-order chi connectivity index (χ1) is 13.3. The van der Waals surface area contributed by atoms with Crippen molar-refractivity contribution in [1.29, 1.82) is 0 Å². The minimum absolute atomic E-state index is 0.0715. The van der Waals surface area contributed by atoms with Crippen LogP contribution in [-0.4, -0.2) is 35.4 Å². The third kappa shape index (κ3) is 7.95. The zero-order valence-electron chi connectivity index (χ0n) is 15.6. The summed E-state index contributed by atoms with van der Waals surface area (Å²) in [6, 6.07) is 14.7. The van der Waals surface area contributed by atoms with E-state index in [-0.39, 0.29) is 22.3 Å². The largest absolute Gasteiger partial charge is 0.353 e. The van der Waals surface area contributed by atoms with Crippen LogP contribution < -0.4 is 10.6 Å². The van der Waals surface area contributed by atoms with Crippen LogP contribution in [0.3, 0.4) is 0 Å². The number of hydrogen-bond donors (Lipinski definition) is 2. The van der Waals surface area contributed by atoms with Gasteiger partial charge in [-0.2, -0.15) is 0 Å². The molecule has 0 unspecified atom stereocenters. The van der Waals surface area contributed by atoms with Crippen LogP contribution in [-0.2, 0) is 9.59 Å². The summed E-state index contributed by atoms with van der Waals surface area (Å²) in [5.74, 6) is -0.143. The minimum atomic E-state index is -0.240. The molecule has 0 saturated heterocycles. The first-order valence-corrected chi connectivity index (χ1v) is 11.3. The average Bonchev–Trinajstić information content (AvgIpc) is 2.68. The van der Waals surface area contributed by atoms with E-state index in [9.17, 15) is 9.59 Å². The van der Waals surface area contributed by atoms with E-state index in [0.717, 1.165) is 9.79 Å². The quantitative estimate of drug-likeness (QED) is 0.416. The lowest BCUT2D eigenvalue weighted by Crippen LogP contribution is -2.39. The van der Waals surface area contributed by atoms with Crippen molar-refractivity contribution in [3.8, 4) is 0 Å². The number of carbonyl (C=O) groups is 2. The molecule has 0 spiro atoms. The van der Waals surface area contributed by atoms with Gasteiger partial charge in [0.1, 0.15) is 0 Å². The highest BCUT2D eigenvalue weighted by Gasteiger charge is 2.16. The summed E-state index contributed by atoms with van der Waals surface area (Å²) in [6.07, 6.45) is 0. The van der Waals surface area contributed by atoms with Gasteiger partial charge in [0, 0.05) is 32.9 Å². The number of rotatable bonds is 9. The van der Waals surface area contributed by atoms with Crippen LogP contribution in [0.2, 0.25) is 10.0 Å². The Labute approximate surface area is 184 Å². The van der Waals surface area contributed by atoms with Crippen molar-refractivity contribution in [2.45, 2.75) is 34.1 Å². The smallest absolute Gasteiger partial charge is 0.233 e. The summed E-state index contributed by atoms with van der Waals surface area (Å²) in [7, 11) is 0. The van der Waals surface area contributed by atoms with Crippen LogP contribution in [0.25, 0.3) is 0 Å². The first kappa shape index (κ1) is 22.9. The highest BCUT2D eigenvalue weighted by molar-refractivity contribution is 8.00. The zero-order valence-corrected chi connectivity index (χ0v) is 18.7. The van der Waals surface area contributed by atoms with Crippen molar-refractivity contribution in [2.75, 3.05) is 13.1 Å². The molecule has 2 N–H and O–H groups in total. The molecule has 0 aliphatic rings. The van der Waals surface area contributed by atoms with Crippen molar-refractivity contribution < 1.29 is 9.59 Å². The molecule has 0 radical (unpaired) electrons. The van der Waals surface area contributed by atoms with Gasteiger partial charge >= 0.3 is 0 Å². The van der Waals surface area contributed by atoms with E-state index >= 15 is 0 Å². The fourth-order valence-corrected chi connectivity index (χ4v) is 4.24. The summed E-state index contributed by atoms with van der Waals surface area (Å²) in [5.41, 5.74) is 0. The topological polar surface area (TPSA) is 58.2 Å². The van der Waals surface area contributed by atoms with Gasteiger partial charge in [-0.3, -0.25) is 9.59 Å². The monoisotopic (exact) mass is 456 g/mol. The lowest BCUT2D eigenvalue weighted by atomic mass is 10.4. The molecule has 0 bridgehead atoms. The predicted octanol–water partition coefficient (Wildman–Crippen LogP) is 4.89. The van der Waals surface area contributed by atoms with Crippen molar-refractivity contribution >= 4 is 58.5 Å². The van der Waals surface area contributed by atoms with E-state index in [1.165, 1.54) is 23.5 Å². The predicted molar refractivity (Wildman–Crippen MR) is 120 cm³/mol. The second-order valence-electron chi connectivity index (χ2n) is 6.01. The van der Waals surface area contributed by atoms with Gasteiger partial charge < -0.3 is 10.6 Å². The molecule has 28 heavy (non-hydrogen) atoms. The number of hydrogen-bond acceptors (Lipinski definition) is 4. The van der Waals surface area contributed by atoms with E-state index in [2.05, 4.69) is 10.6 Å². The van der Waals surface area contributed by atoms with E-state index < -0.39 is 0 Å². The molecule has 4 nitrogen and oxygen atoms in total. The Hall–Kier alpha value is -1.34. The highest BCUT2D eigenvalue weighted by atomic mass is 35.5. The van der Waals surface area contributed by atoms with E-state index in [0.29, 0.717) is 23.1 Å². The maximum Gasteiger partial charge on any atom is 0.233 e. The van der Waals surface area contributed by atoms with Gasteiger partial charge in [-0.15, -0.1) is 23.5 Å². The standard InChI is InChI=1S/C20H22Cl2N2O2S2/c1-13(27-17-7-3-15(21)4-8-17)19(25)23-11-12-24-20(26)14(2)28-18-9-5-16(22)6-10-18/h3-10,13-14H,11-12H2,1-2H3,(H,23,25)(H,24,26)/t13-,14-/m1/s1. The van der Waals surface area contributed by atoms with Crippen LogP contribution in [0.15, 0.2) is 58.3 Å². The fraction of sp³-hybridized carbons (Fsp3) is 0.300. The first-order valence-electron chi connectivity index (χ1n) is 8.75. The molecule has 0 aliphatic carbocycles. The molecule has 0 heterocycles. The Morgan fingerprint density at radius 2 is 1.07 bits per heavy atom. The molecule has 8 heteroatoms. The van der Waals surface area contributed by atoms with Crippen LogP contribution in [0.5, 0.6) is 0 Å². The number of thioether (sulfide) groups is 2. The number of benzene rings is 2. The van der Waals surface area contributed by atoms with Crippen molar-refractivity contribution in [3.05, 3.63) is 58.6 Å². The third-order valence-corrected chi connectivity index (χ3v) is 6.44. The van der Waals surface area contributed by atoms with Crippen LogP contribution in [0.1, 0.15) is 13.8 Å². The summed E-state index contributed by atoms with van der Waals surface area (Å²) >= 11 is 14.7. The van der Waals surface area contributed by atoms with E-state index in [1.807, 2.05) is 38.1 Å². The molecule has 2 aromatic rings. The fourth-order valence-electron chi connectivity index (χ4n) is 2.20. The molecule has 150 valence electrons.